The van der Waals surface area contributed by atoms with Gasteiger partial charge in [0.25, 0.3) is 0 Å². The molecule has 0 saturated heterocycles. The Bertz CT molecular complexity index is 191. The Kier molecular flexibility index (Phi) is 9.89. The fourth-order valence-corrected chi connectivity index (χ4v) is 2.20. The number of halogens is 1. The number of methoxy groups -OCH3 is 1. The van der Waals surface area contributed by atoms with E-state index in [1.165, 1.54) is 19.3 Å². The molecular formula is C13H26ClNO3. The monoisotopic (exact) mass is 279 g/mol. The second kappa shape index (κ2) is 11.0. The maximum atomic E-state index is 5.82. The van der Waals surface area contributed by atoms with Crippen molar-refractivity contribution in [2.75, 3.05) is 59.1 Å². The van der Waals surface area contributed by atoms with E-state index in [-0.39, 0.29) is 0 Å². The predicted octanol–water partition coefficient (Wildman–Crippen LogP) is 1.76. The summed E-state index contributed by atoms with van der Waals surface area (Å²) in [4.78, 5) is 2.45. The highest BCUT2D eigenvalue weighted by Gasteiger charge is 2.23. The molecule has 1 aliphatic rings. The third-order valence-electron chi connectivity index (χ3n) is 3.29. The summed E-state index contributed by atoms with van der Waals surface area (Å²) in [5.41, 5.74) is 0. The summed E-state index contributed by atoms with van der Waals surface area (Å²) in [6.07, 6.45) is 3.99. The average Bonchev–Trinajstić information content (AvgIpc) is 2.30. The molecule has 0 aromatic carbocycles. The van der Waals surface area contributed by atoms with E-state index in [1.807, 2.05) is 0 Å². The molecule has 1 rings (SSSR count). The van der Waals surface area contributed by atoms with Crippen molar-refractivity contribution in [1.29, 1.82) is 0 Å². The first-order valence-corrected chi connectivity index (χ1v) is 7.36. The number of nitrogens with zero attached hydrogens (tertiary/aromatic N) is 1. The third-order valence-corrected chi connectivity index (χ3v) is 3.46. The molecule has 0 amide bonds. The van der Waals surface area contributed by atoms with E-state index in [9.17, 15) is 0 Å². The van der Waals surface area contributed by atoms with Crippen LogP contribution in [0.2, 0.25) is 0 Å². The number of hydrogen-bond donors (Lipinski definition) is 0. The van der Waals surface area contributed by atoms with Crippen molar-refractivity contribution >= 4 is 11.6 Å². The Hall–Kier alpha value is 0.130. The Balaban J connectivity index is 1.91. The lowest BCUT2D eigenvalue weighted by atomic mass is 9.91. The lowest BCUT2D eigenvalue weighted by Crippen LogP contribution is -2.43. The fourth-order valence-electron chi connectivity index (χ4n) is 1.98. The first-order chi connectivity index (χ1) is 8.88. The van der Waals surface area contributed by atoms with E-state index in [1.54, 1.807) is 7.11 Å². The van der Waals surface area contributed by atoms with Crippen LogP contribution in [0.25, 0.3) is 0 Å². The van der Waals surface area contributed by atoms with Gasteiger partial charge >= 0.3 is 0 Å². The maximum absolute atomic E-state index is 5.82. The van der Waals surface area contributed by atoms with Crippen LogP contribution in [-0.2, 0) is 14.2 Å². The summed E-state index contributed by atoms with van der Waals surface area (Å²) in [5, 5.41) is 0. The molecule has 0 unspecified atom stereocenters. The van der Waals surface area contributed by atoms with E-state index in [0.29, 0.717) is 32.3 Å². The van der Waals surface area contributed by atoms with Crippen LogP contribution in [0.5, 0.6) is 0 Å². The van der Waals surface area contributed by atoms with Gasteiger partial charge in [-0.05, 0) is 12.8 Å². The summed E-state index contributed by atoms with van der Waals surface area (Å²) >= 11 is 5.82. The van der Waals surface area contributed by atoms with Crippen LogP contribution in [0, 0.1) is 0 Å². The van der Waals surface area contributed by atoms with Crippen LogP contribution < -0.4 is 0 Å². The van der Waals surface area contributed by atoms with Gasteiger partial charge in [-0.1, -0.05) is 6.42 Å². The van der Waals surface area contributed by atoms with Crippen molar-refractivity contribution < 1.29 is 14.2 Å². The normalized spacial score (nSPS) is 16.2. The molecular weight excluding hydrogens is 254 g/mol. The van der Waals surface area contributed by atoms with Crippen LogP contribution in [-0.4, -0.2) is 70.1 Å². The zero-order valence-electron chi connectivity index (χ0n) is 11.4. The Morgan fingerprint density at radius 3 is 2.22 bits per heavy atom. The van der Waals surface area contributed by atoms with E-state index in [4.69, 9.17) is 25.8 Å². The largest absolute Gasteiger partial charge is 0.382 e. The highest BCUT2D eigenvalue weighted by atomic mass is 35.5. The van der Waals surface area contributed by atoms with Crippen molar-refractivity contribution in [3.63, 3.8) is 0 Å². The van der Waals surface area contributed by atoms with Crippen LogP contribution >= 0.6 is 11.6 Å². The molecule has 0 radical (unpaired) electrons. The van der Waals surface area contributed by atoms with Crippen molar-refractivity contribution in [3.05, 3.63) is 0 Å². The van der Waals surface area contributed by atoms with Gasteiger partial charge in [0.05, 0.1) is 33.0 Å². The molecule has 1 fully saturated rings. The highest BCUT2D eigenvalue weighted by molar-refractivity contribution is 6.18. The standard InChI is InChI=1S/C13H26ClNO3/c1-16-9-10-18-12-11-17-8-7-15(6-5-14)13-3-2-4-13/h13H,2-12H2,1H3. The second-order valence-electron chi connectivity index (χ2n) is 4.53. The first kappa shape index (κ1) is 16.2. The first-order valence-electron chi connectivity index (χ1n) is 6.83. The Morgan fingerprint density at radius 2 is 1.67 bits per heavy atom. The molecule has 0 aromatic heterocycles. The lowest BCUT2D eigenvalue weighted by molar-refractivity contribution is 0.0132. The quantitative estimate of drug-likeness (QED) is 0.402. The molecule has 0 atom stereocenters. The van der Waals surface area contributed by atoms with Crippen LogP contribution in [0.1, 0.15) is 19.3 Å². The number of ether oxygens (including phenoxy) is 3. The topological polar surface area (TPSA) is 30.9 Å². The molecule has 0 heterocycles. The minimum Gasteiger partial charge on any atom is -0.382 e. The predicted molar refractivity (Wildman–Crippen MR) is 73.4 cm³/mol. The SMILES string of the molecule is COCCOCCOCCN(CCCl)C1CCC1. The van der Waals surface area contributed by atoms with Crippen LogP contribution in [0.4, 0.5) is 0 Å². The zero-order valence-corrected chi connectivity index (χ0v) is 12.2. The lowest BCUT2D eigenvalue weighted by Gasteiger charge is -2.37. The minimum atomic E-state index is 0.639. The smallest absolute Gasteiger partial charge is 0.0701 e. The van der Waals surface area contributed by atoms with Crippen molar-refractivity contribution in [2.45, 2.75) is 25.3 Å². The third kappa shape index (κ3) is 6.90. The summed E-state index contributed by atoms with van der Waals surface area (Å²) in [5.74, 6) is 0.705. The summed E-state index contributed by atoms with van der Waals surface area (Å²) in [7, 11) is 1.67. The molecule has 1 saturated carbocycles. The number of alkyl halides is 1. The summed E-state index contributed by atoms with van der Waals surface area (Å²) < 4.78 is 15.8. The van der Waals surface area contributed by atoms with Gasteiger partial charge in [-0.2, -0.15) is 0 Å². The fraction of sp³-hybridized carbons (Fsp3) is 1.00. The summed E-state index contributed by atoms with van der Waals surface area (Å²) in [6, 6.07) is 0.741. The molecule has 108 valence electrons. The molecule has 0 N–H and O–H groups in total. The van der Waals surface area contributed by atoms with Gasteiger partial charge in [0.2, 0.25) is 0 Å². The van der Waals surface area contributed by atoms with E-state index in [2.05, 4.69) is 4.90 Å². The Morgan fingerprint density at radius 1 is 1.00 bits per heavy atom. The maximum Gasteiger partial charge on any atom is 0.0701 e. The van der Waals surface area contributed by atoms with Gasteiger partial charge in [0.1, 0.15) is 0 Å². The molecule has 0 bridgehead atoms. The van der Waals surface area contributed by atoms with Gasteiger partial charge in [0, 0.05) is 32.1 Å². The highest BCUT2D eigenvalue weighted by Crippen LogP contribution is 2.24. The molecule has 1 aliphatic carbocycles. The van der Waals surface area contributed by atoms with Crippen molar-refractivity contribution in [3.8, 4) is 0 Å². The molecule has 5 heteroatoms. The minimum absolute atomic E-state index is 0.639. The van der Waals surface area contributed by atoms with Gasteiger partial charge < -0.3 is 14.2 Å². The number of rotatable bonds is 12. The molecule has 18 heavy (non-hydrogen) atoms. The van der Waals surface area contributed by atoms with Crippen molar-refractivity contribution in [2.24, 2.45) is 0 Å². The van der Waals surface area contributed by atoms with Crippen LogP contribution in [0.15, 0.2) is 0 Å². The number of hydrogen-bond acceptors (Lipinski definition) is 4. The van der Waals surface area contributed by atoms with E-state index >= 15 is 0 Å². The van der Waals surface area contributed by atoms with Gasteiger partial charge in [0.15, 0.2) is 0 Å². The van der Waals surface area contributed by atoms with Gasteiger partial charge in [-0.25, -0.2) is 0 Å². The zero-order chi connectivity index (χ0) is 13.1. The molecule has 0 aromatic rings. The van der Waals surface area contributed by atoms with E-state index < -0.39 is 0 Å². The Labute approximate surface area is 116 Å². The molecule has 0 spiro atoms. The molecule has 0 aliphatic heterocycles. The van der Waals surface area contributed by atoms with Crippen molar-refractivity contribution in [1.82, 2.24) is 4.90 Å². The molecule has 4 nitrogen and oxygen atoms in total. The van der Waals surface area contributed by atoms with Gasteiger partial charge in [-0.15, -0.1) is 11.6 Å². The van der Waals surface area contributed by atoms with Crippen LogP contribution in [0.3, 0.4) is 0 Å². The van der Waals surface area contributed by atoms with E-state index in [0.717, 1.165) is 25.7 Å². The van der Waals surface area contributed by atoms with Gasteiger partial charge in [-0.3, -0.25) is 4.90 Å². The average molecular weight is 280 g/mol. The summed E-state index contributed by atoms with van der Waals surface area (Å²) in [6.45, 7) is 5.30. The second-order valence-corrected chi connectivity index (χ2v) is 4.91.